The molecule has 0 atom stereocenters. The average molecular weight is 322 g/mol. The van der Waals surface area contributed by atoms with E-state index < -0.39 is 9.84 Å². The summed E-state index contributed by atoms with van der Waals surface area (Å²) in [6.45, 7) is 2.28. The van der Waals surface area contributed by atoms with Crippen LogP contribution in [0.3, 0.4) is 0 Å². The molecule has 0 radical (unpaired) electrons. The van der Waals surface area contributed by atoms with E-state index in [1.54, 1.807) is 6.20 Å². The minimum absolute atomic E-state index is 0.00485. The standard InChI is InChI=1S/C13H14N4O2S2/c1-8-4-3-5-16-9(8)7-17-13-12(21(2,18)19)11(15)10(6-14)20-13/h3-5,17H,7,15H2,1-2H3. The van der Waals surface area contributed by atoms with E-state index in [0.29, 0.717) is 11.5 Å². The maximum absolute atomic E-state index is 11.8. The van der Waals surface area contributed by atoms with Gasteiger partial charge in [0.05, 0.1) is 17.9 Å². The Morgan fingerprint density at radius 1 is 1.52 bits per heavy atom. The van der Waals surface area contributed by atoms with Crippen molar-refractivity contribution in [2.75, 3.05) is 17.3 Å². The lowest BCUT2D eigenvalue weighted by atomic mass is 10.2. The van der Waals surface area contributed by atoms with Crippen LogP contribution in [-0.2, 0) is 16.4 Å². The number of nitrogens with zero attached hydrogens (tertiary/aromatic N) is 2. The van der Waals surface area contributed by atoms with E-state index in [9.17, 15) is 8.42 Å². The Bertz CT molecular complexity index is 819. The molecule has 0 fully saturated rings. The molecule has 2 heterocycles. The summed E-state index contributed by atoms with van der Waals surface area (Å²) in [5.41, 5.74) is 7.56. The molecule has 0 unspecified atom stereocenters. The maximum atomic E-state index is 11.8. The second kappa shape index (κ2) is 5.71. The summed E-state index contributed by atoms with van der Waals surface area (Å²) in [5.74, 6) is 0. The average Bonchev–Trinajstić information content (AvgIpc) is 2.74. The van der Waals surface area contributed by atoms with Crippen LogP contribution in [0.15, 0.2) is 23.2 Å². The Morgan fingerprint density at radius 2 is 2.24 bits per heavy atom. The summed E-state index contributed by atoms with van der Waals surface area (Å²) in [6.07, 6.45) is 2.74. The highest BCUT2D eigenvalue weighted by Crippen LogP contribution is 2.38. The summed E-state index contributed by atoms with van der Waals surface area (Å²) in [6, 6.07) is 5.66. The van der Waals surface area contributed by atoms with Crippen LogP contribution in [0.4, 0.5) is 10.7 Å². The first-order chi connectivity index (χ1) is 9.84. The predicted molar refractivity (Wildman–Crippen MR) is 82.9 cm³/mol. The normalized spacial score (nSPS) is 11.1. The molecule has 0 amide bonds. The van der Waals surface area contributed by atoms with Crippen molar-refractivity contribution in [2.24, 2.45) is 0 Å². The number of thiophene rings is 1. The highest BCUT2D eigenvalue weighted by atomic mass is 32.2. The molecule has 2 aromatic heterocycles. The lowest BCUT2D eigenvalue weighted by Gasteiger charge is -2.08. The van der Waals surface area contributed by atoms with E-state index in [1.165, 1.54) is 0 Å². The first-order valence-electron chi connectivity index (χ1n) is 6.01. The molecular formula is C13H14N4O2S2. The molecule has 0 saturated carbocycles. The molecule has 0 aromatic carbocycles. The third-order valence-corrected chi connectivity index (χ3v) is 5.27. The van der Waals surface area contributed by atoms with Crippen molar-refractivity contribution in [1.29, 1.82) is 5.26 Å². The van der Waals surface area contributed by atoms with Crippen LogP contribution >= 0.6 is 11.3 Å². The molecular weight excluding hydrogens is 308 g/mol. The molecule has 0 saturated heterocycles. The second-order valence-electron chi connectivity index (χ2n) is 4.51. The van der Waals surface area contributed by atoms with Crippen LogP contribution in [-0.4, -0.2) is 19.7 Å². The number of nitrogen functional groups attached to an aromatic ring is 1. The molecule has 2 rings (SSSR count). The van der Waals surface area contributed by atoms with Gasteiger partial charge in [-0.2, -0.15) is 5.26 Å². The summed E-state index contributed by atoms with van der Waals surface area (Å²) in [4.78, 5) is 4.41. The van der Waals surface area contributed by atoms with E-state index in [4.69, 9.17) is 11.0 Å². The van der Waals surface area contributed by atoms with Crippen LogP contribution in [0.2, 0.25) is 0 Å². The molecule has 8 heteroatoms. The van der Waals surface area contributed by atoms with E-state index >= 15 is 0 Å². The third-order valence-electron chi connectivity index (χ3n) is 2.91. The predicted octanol–water partition coefficient (Wildman–Crippen LogP) is 1.92. The minimum Gasteiger partial charge on any atom is -0.396 e. The second-order valence-corrected chi connectivity index (χ2v) is 7.48. The van der Waals surface area contributed by atoms with Gasteiger partial charge < -0.3 is 11.1 Å². The fourth-order valence-electron chi connectivity index (χ4n) is 1.86. The number of anilines is 2. The van der Waals surface area contributed by atoms with Gasteiger partial charge in [0.2, 0.25) is 0 Å². The zero-order valence-electron chi connectivity index (χ0n) is 11.5. The van der Waals surface area contributed by atoms with Crippen LogP contribution in [0.1, 0.15) is 16.1 Å². The SMILES string of the molecule is Cc1cccnc1CNc1sc(C#N)c(N)c1S(C)(=O)=O. The van der Waals surface area contributed by atoms with E-state index in [-0.39, 0.29) is 15.5 Å². The van der Waals surface area contributed by atoms with Gasteiger partial charge in [-0.25, -0.2) is 8.42 Å². The molecule has 0 aliphatic rings. The smallest absolute Gasteiger partial charge is 0.180 e. The van der Waals surface area contributed by atoms with E-state index in [0.717, 1.165) is 28.8 Å². The topological polar surface area (TPSA) is 109 Å². The summed E-state index contributed by atoms with van der Waals surface area (Å²) >= 11 is 1.03. The van der Waals surface area contributed by atoms with Crippen LogP contribution in [0.25, 0.3) is 0 Å². The van der Waals surface area contributed by atoms with Crippen LogP contribution in [0, 0.1) is 18.3 Å². The zero-order valence-corrected chi connectivity index (χ0v) is 13.2. The molecule has 2 aromatic rings. The van der Waals surface area contributed by atoms with Gasteiger partial charge in [0, 0.05) is 12.5 Å². The summed E-state index contributed by atoms with van der Waals surface area (Å²) in [5, 5.41) is 12.4. The van der Waals surface area contributed by atoms with Gasteiger partial charge in [-0.1, -0.05) is 6.07 Å². The number of aromatic nitrogens is 1. The van der Waals surface area contributed by atoms with Crippen molar-refractivity contribution < 1.29 is 8.42 Å². The highest BCUT2D eigenvalue weighted by Gasteiger charge is 2.23. The third kappa shape index (κ3) is 3.15. The number of nitrogens with one attached hydrogen (secondary N) is 1. The minimum atomic E-state index is -3.52. The number of nitriles is 1. The monoisotopic (exact) mass is 322 g/mol. The van der Waals surface area contributed by atoms with Gasteiger partial charge in [-0.05, 0) is 18.6 Å². The molecule has 0 aliphatic heterocycles. The fourth-order valence-corrected chi connectivity index (χ4v) is 4.23. The molecule has 6 nitrogen and oxygen atoms in total. The Balaban J connectivity index is 2.37. The van der Waals surface area contributed by atoms with Gasteiger partial charge >= 0.3 is 0 Å². The lowest BCUT2D eigenvalue weighted by molar-refractivity contribution is 0.602. The molecule has 110 valence electrons. The van der Waals surface area contributed by atoms with Gasteiger partial charge in [0.15, 0.2) is 9.84 Å². The molecule has 0 aliphatic carbocycles. The number of hydrogen-bond acceptors (Lipinski definition) is 7. The zero-order chi connectivity index (χ0) is 15.6. The van der Waals surface area contributed by atoms with Crippen molar-refractivity contribution in [2.45, 2.75) is 18.4 Å². The molecule has 0 bridgehead atoms. The Kier molecular flexibility index (Phi) is 4.16. The number of nitrogens with two attached hydrogens (primary N) is 1. The van der Waals surface area contributed by atoms with Gasteiger partial charge in [0.25, 0.3) is 0 Å². The van der Waals surface area contributed by atoms with Crippen LogP contribution in [0.5, 0.6) is 0 Å². The van der Waals surface area contributed by atoms with Gasteiger partial charge in [0.1, 0.15) is 20.8 Å². The van der Waals surface area contributed by atoms with E-state index in [1.807, 2.05) is 25.1 Å². The quantitative estimate of drug-likeness (QED) is 0.890. The molecule has 0 spiro atoms. The van der Waals surface area contributed by atoms with Crippen molar-refractivity contribution in [1.82, 2.24) is 4.98 Å². The number of rotatable bonds is 4. The number of aryl methyl sites for hydroxylation is 1. The summed E-state index contributed by atoms with van der Waals surface area (Å²) < 4.78 is 23.7. The molecule has 21 heavy (non-hydrogen) atoms. The van der Waals surface area contributed by atoms with Crippen molar-refractivity contribution in [3.63, 3.8) is 0 Å². The van der Waals surface area contributed by atoms with E-state index in [2.05, 4.69) is 10.3 Å². The summed E-state index contributed by atoms with van der Waals surface area (Å²) in [7, 11) is -3.52. The highest BCUT2D eigenvalue weighted by molar-refractivity contribution is 7.91. The van der Waals surface area contributed by atoms with Gasteiger partial charge in [-0.3, -0.25) is 4.98 Å². The van der Waals surface area contributed by atoms with Crippen molar-refractivity contribution in [3.8, 4) is 6.07 Å². The number of hydrogen-bond donors (Lipinski definition) is 2. The Morgan fingerprint density at radius 3 is 2.81 bits per heavy atom. The fraction of sp³-hybridized carbons (Fsp3) is 0.231. The molecule has 3 N–H and O–H groups in total. The lowest BCUT2D eigenvalue weighted by Crippen LogP contribution is -2.07. The van der Waals surface area contributed by atoms with Crippen molar-refractivity contribution >= 4 is 31.9 Å². The number of sulfone groups is 1. The first-order valence-corrected chi connectivity index (χ1v) is 8.72. The largest absolute Gasteiger partial charge is 0.396 e. The van der Waals surface area contributed by atoms with Crippen molar-refractivity contribution in [3.05, 3.63) is 34.5 Å². The Hall–Kier alpha value is -2.11. The van der Waals surface area contributed by atoms with Gasteiger partial charge in [-0.15, -0.1) is 11.3 Å². The Labute approximate surface area is 127 Å². The first kappa shape index (κ1) is 15.3. The van der Waals surface area contributed by atoms with Crippen LogP contribution < -0.4 is 11.1 Å². The maximum Gasteiger partial charge on any atom is 0.180 e. The number of pyridine rings is 1.